The van der Waals surface area contributed by atoms with Crippen LogP contribution in [0.15, 0.2) is 29.8 Å². The van der Waals surface area contributed by atoms with Crippen LogP contribution in [-0.2, 0) is 4.79 Å². The fourth-order valence-electron chi connectivity index (χ4n) is 5.19. The number of hydrogen-bond acceptors (Lipinski definition) is 3. The van der Waals surface area contributed by atoms with Crippen molar-refractivity contribution in [3.63, 3.8) is 0 Å². The predicted molar refractivity (Wildman–Crippen MR) is 100 cm³/mol. The molecule has 0 N–H and O–H groups in total. The number of ether oxygens (including phenoxy) is 2. The molecule has 0 amide bonds. The highest BCUT2D eigenvalue weighted by molar-refractivity contribution is 5.88. The van der Waals surface area contributed by atoms with Gasteiger partial charge in [0.1, 0.15) is 5.78 Å². The van der Waals surface area contributed by atoms with E-state index in [9.17, 15) is 4.79 Å². The molecule has 0 aromatic heterocycles. The molecule has 0 radical (unpaired) electrons. The van der Waals surface area contributed by atoms with Crippen molar-refractivity contribution < 1.29 is 14.3 Å². The van der Waals surface area contributed by atoms with Crippen LogP contribution in [0, 0.1) is 10.8 Å². The maximum absolute atomic E-state index is 13.1. The molecule has 136 valence electrons. The van der Waals surface area contributed by atoms with Crippen LogP contribution in [0.5, 0.6) is 11.5 Å². The van der Waals surface area contributed by atoms with Crippen LogP contribution in [0.1, 0.15) is 64.4 Å². The summed E-state index contributed by atoms with van der Waals surface area (Å²) in [7, 11) is 3.29. The number of allylic oxidation sites excluding steroid dienone is 2. The van der Waals surface area contributed by atoms with Gasteiger partial charge in [0.25, 0.3) is 0 Å². The largest absolute Gasteiger partial charge is 0.493 e. The summed E-state index contributed by atoms with van der Waals surface area (Å²) in [4.78, 5) is 13.1. The molecule has 0 aliphatic heterocycles. The van der Waals surface area contributed by atoms with Crippen molar-refractivity contribution >= 4 is 5.78 Å². The van der Waals surface area contributed by atoms with Crippen molar-refractivity contribution in [1.29, 1.82) is 0 Å². The fourth-order valence-corrected chi connectivity index (χ4v) is 5.19. The lowest BCUT2D eigenvalue weighted by Gasteiger charge is -2.49. The van der Waals surface area contributed by atoms with Gasteiger partial charge in [-0.25, -0.2) is 0 Å². The lowest BCUT2D eigenvalue weighted by atomic mass is 9.54. The van der Waals surface area contributed by atoms with Gasteiger partial charge in [0.15, 0.2) is 11.5 Å². The Kier molecular flexibility index (Phi) is 4.70. The monoisotopic (exact) mass is 342 g/mol. The minimum Gasteiger partial charge on any atom is -0.493 e. The van der Waals surface area contributed by atoms with E-state index < -0.39 is 0 Å². The van der Waals surface area contributed by atoms with Crippen LogP contribution >= 0.6 is 0 Å². The van der Waals surface area contributed by atoms with E-state index >= 15 is 0 Å². The summed E-state index contributed by atoms with van der Waals surface area (Å²) in [5.41, 5.74) is 2.56. The summed E-state index contributed by atoms with van der Waals surface area (Å²) in [6, 6.07) is 5.96. The van der Waals surface area contributed by atoms with Gasteiger partial charge in [0, 0.05) is 11.8 Å². The average molecular weight is 342 g/mol. The highest BCUT2D eigenvalue weighted by Gasteiger charge is 2.49. The van der Waals surface area contributed by atoms with E-state index in [-0.39, 0.29) is 16.7 Å². The van der Waals surface area contributed by atoms with Crippen molar-refractivity contribution in [1.82, 2.24) is 0 Å². The topological polar surface area (TPSA) is 35.5 Å². The molecular weight excluding hydrogens is 312 g/mol. The Morgan fingerprint density at radius 1 is 1.04 bits per heavy atom. The van der Waals surface area contributed by atoms with Crippen LogP contribution in [0.2, 0.25) is 0 Å². The highest BCUT2D eigenvalue weighted by Crippen LogP contribution is 2.58. The zero-order valence-corrected chi connectivity index (χ0v) is 16.1. The maximum atomic E-state index is 13.1. The van der Waals surface area contributed by atoms with E-state index in [1.165, 1.54) is 12.0 Å². The summed E-state index contributed by atoms with van der Waals surface area (Å²) < 4.78 is 10.9. The zero-order chi connectivity index (χ0) is 18.2. The Labute approximate surface area is 151 Å². The number of Topliss-reactive ketones (excluding diaryl/α,β-unsaturated/α-hetero) is 1. The summed E-state index contributed by atoms with van der Waals surface area (Å²) in [5.74, 6) is 1.64. The molecule has 3 nitrogen and oxygen atoms in total. The Hall–Kier alpha value is -1.77. The van der Waals surface area contributed by atoms with Crippen molar-refractivity contribution in [2.24, 2.45) is 10.8 Å². The second-order valence-electron chi connectivity index (χ2n) is 8.33. The van der Waals surface area contributed by atoms with Gasteiger partial charge in [-0.05, 0) is 42.4 Å². The van der Waals surface area contributed by atoms with E-state index in [1.54, 1.807) is 14.2 Å². The van der Waals surface area contributed by atoms with Crippen LogP contribution in [0.3, 0.4) is 0 Å². The number of fused-ring (bicyclic) bond motifs is 1. The van der Waals surface area contributed by atoms with Gasteiger partial charge in [-0.15, -0.1) is 0 Å². The zero-order valence-electron chi connectivity index (χ0n) is 16.1. The smallest absolute Gasteiger partial charge is 0.161 e. The number of hydrogen-bond donors (Lipinski definition) is 0. The number of methoxy groups -OCH3 is 2. The average Bonchev–Trinajstić information content (AvgIpc) is 2.70. The molecule has 1 fully saturated rings. The van der Waals surface area contributed by atoms with Gasteiger partial charge in [-0.2, -0.15) is 0 Å². The highest BCUT2D eigenvalue weighted by atomic mass is 16.5. The quantitative estimate of drug-likeness (QED) is 0.700. The molecule has 1 aromatic carbocycles. The molecule has 3 rings (SSSR count). The molecule has 2 aliphatic rings. The number of benzene rings is 1. The van der Waals surface area contributed by atoms with Crippen LogP contribution < -0.4 is 9.47 Å². The van der Waals surface area contributed by atoms with Gasteiger partial charge in [0.05, 0.1) is 20.1 Å². The van der Waals surface area contributed by atoms with E-state index in [2.05, 4.69) is 26.8 Å². The Balaban J connectivity index is 2.13. The molecule has 1 saturated carbocycles. The first kappa shape index (κ1) is 18.0. The van der Waals surface area contributed by atoms with E-state index in [4.69, 9.17) is 9.47 Å². The normalized spacial score (nSPS) is 28.6. The number of rotatable bonds is 3. The minimum atomic E-state index is -0.116. The molecule has 3 heteroatoms. The molecule has 0 heterocycles. The fraction of sp³-hybridized carbons (Fsp3) is 0.591. The minimum absolute atomic E-state index is 0.111. The predicted octanol–water partition coefficient (Wildman–Crippen LogP) is 5.29. The van der Waals surface area contributed by atoms with Crippen molar-refractivity contribution in [2.75, 3.05) is 14.2 Å². The van der Waals surface area contributed by atoms with Crippen LogP contribution in [0.25, 0.3) is 0 Å². The second kappa shape index (κ2) is 6.51. The Morgan fingerprint density at radius 2 is 1.76 bits per heavy atom. The van der Waals surface area contributed by atoms with Crippen molar-refractivity contribution in [2.45, 2.75) is 58.8 Å². The summed E-state index contributed by atoms with van der Waals surface area (Å²) in [6.45, 7) is 6.96. The van der Waals surface area contributed by atoms with E-state index in [0.717, 1.165) is 24.8 Å². The molecule has 0 bridgehead atoms. The van der Waals surface area contributed by atoms with Crippen LogP contribution in [-0.4, -0.2) is 20.0 Å². The van der Waals surface area contributed by atoms with Crippen molar-refractivity contribution in [3.05, 3.63) is 35.4 Å². The summed E-state index contributed by atoms with van der Waals surface area (Å²) in [5, 5.41) is 0. The van der Waals surface area contributed by atoms with Gasteiger partial charge in [-0.1, -0.05) is 44.9 Å². The number of carbonyl (C=O) groups is 1. The lowest BCUT2D eigenvalue weighted by molar-refractivity contribution is -0.122. The molecule has 2 atom stereocenters. The van der Waals surface area contributed by atoms with Gasteiger partial charge in [-0.3, -0.25) is 4.79 Å². The first-order valence-corrected chi connectivity index (χ1v) is 9.29. The van der Waals surface area contributed by atoms with Crippen molar-refractivity contribution in [3.8, 4) is 11.5 Å². The molecular formula is C22H30O3. The lowest BCUT2D eigenvalue weighted by Crippen LogP contribution is -2.40. The molecule has 1 aromatic rings. The third kappa shape index (κ3) is 2.98. The number of carbonyl (C=O) groups excluding carboxylic acids is 1. The standard InChI is InChI=1S/C22H30O3/c1-21(2)12-7-13-22(3)19(21)9-6-8-16(23)20(22)15-10-11-17(24-4)18(14-15)25-5/h9-11,14,20H,6-8,12-13H2,1-5H3. The number of ketones is 1. The summed E-state index contributed by atoms with van der Waals surface area (Å²) >= 11 is 0. The van der Waals surface area contributed by atoms with Gasteiger partial charge < -0.3 is 9.47 Å². The third-order valence-electron chi connectivity index (χ3n) is 6.28. The first-order chi connectivity index (χ1) is 11.8. The molecule has 2 unspecified atom stereocenters. The first-order valence-electron chi connectivity index (χ1n) is 9.29. The van der Waals surface area contributed by atoms with E-state index in [0.29, 0.717) is 23.7 Å². The van der Waals surface area contributed by atoms with Gasteiger partial charge >= 0.3 is 0 Å². The van der Waals surface area contributed by atoms with Crippen LogP contribution in [0.4, 0.5) is 0 Å². The summed E-state index contributed by atoms with van der Waals surface area (Å²) in [6.07, 6.45) is 7.26. The Morgan fingerprint density at radius 3 is 2.44 bits per heavy atom. The maximum Gasteiger partial charge on any atom is 0.161 e. The Bertz CT molecular complexity index is 701. The van der Waals surface area contributed by atoms with Gasteiger partial charge in [0.2, 0.25) is 0 Å². The molecule has 25 heavy (non-hydrogen) atoms. The molecule has 0 spiro atoms. The second-order valence-corrected chi connectivity index (χ2v) is 8.33. The van der Waals surface area contributed by atoms with E-state index in [1.807, 2.05) is 18.2 Å². The SMILES string of the molecule is COc1ccc(C2C(=O)CCC=C3C(C)(C)CCCC32C)cc1OC. The third-order valence-corrected chi connectivity index (χ3v) is 6.28. The molecule has 2 aliphatic carbocycles. The molecule has 0 saturated heterocycles.